The zero-order valence-electron chi connectivity index (χ0n) is 21.7. The second kappa shape index (κ2) is 8.09. The lowest BCUT2D eigenvalue weighted by molar-refractivity contribution is 0.531. The number of benzene rings is 1. The molecule has 0 unspecified atom stereocenters. The summed E-state index contributed by atoms with van der Waals surface area (Å²) in [5, 5.41) is 2.67. The van der Waals surface area contributed by atoms with Crippen LogP contribution in [-0.4, -0.2) is 68.3 Å². The second-order valence-corrected chi connectivity index (χ2v) is 10.00. The molecule has 8 bridgehead atoms. The Morgan fingerprint density at radius 2 is 1.29 bits per heavy atom. The fourth-order valence-electron chi connectivity index (χ4n) is 5.63. The van der Waals surface area contributed by atoms with Gasteiger partial charge >= 0.3 is 0 Å². The molecular formula is C30H19N11. The summed E-state index contributed by atoms with van der Waals surface area (Å²) in [5.41, 5.74) is 6.42. The summed E-state index contributed by atoms with van der Waals surface area (Å²) in [6.45, 7) is 0.741. The third-order valence-electron chi connectivity index (χ3n) is 7.51. The highest BCUT2D eigenvalue weighted by molar-refractivity contribution is 6.05. The Labute approximate surface area is 231 Å². The largest absolute Gasteiger partial charge is 0.367 e. The van der Waals surface area contributed by atoms with Gasteiger partial charge in [0, 0.05) is 53.3 Å². The van der Waals surface area contributed by atoms with Crippen molar-refractivity contribution in [3.8, 4) is 22.9 Å². The van der Waals surface area contributed by atoms with Gasteiger partial charge in [-0.25, -0.2) is 29.9 Å². The van der Waals surface area contributed by atoms with Crippen molar-refractivity contribution < 1.29 is 0 Å². The highest BCUT2D eigenvalue weighted by atomic mass is 15.2. The molecule has 0 atom stereocenters. The molecule has 0 fully saturated rings. The summed E-state index contributed by atoms with van der Waals surface area (Å²) in [6.07, 6.45) is 7.64. The summed E-state index contributed by atoms with van der Waals surface area (Å²) in [5.74, 6) is 2.11. The quantitative estimate of drug-likeness (QED) is 0.284. The fraction of sp³-hybridized carbons (Fsp3) is 0.0667. The van der Waals surface area contributed by atoms with E-state index in [9.17, 15) is 0 Å². The van der Waals surface area contributed by atoms with Crippen LogP contribution < -0.4 is 0 Å². The Kier molecular flexibility index (Phi) is 4.34. The van der Waals surface area contributed by atoms with Crippen molar-refractivity contribution in [1.82, 2.24) is 54.7 Å². The van der Waals surface area contributed by atoms with Gasteiger partial charge in [0.15, 0.2) is 28.9 Å². The van der Waals surface area contributed by atoms with Crippen LogP contribution in [0.2, 0.25) is 0 Å². The van der Waals surface area contributed by atoms with Crippen molar-refractivity contribution in [2.45, 2.75) is 0 Å². The molecule has 0 saturated heterocycles. The molecule has 194 valence electrons. The standard InChI is InChI=1S/C30H19N11/c1-41-14-6-11-19-22(41)30-39-27(19)34-23-15-7-2-3-8-16(15)24(33-23)36-28-20-17(9-4-12-31-20)25(37-28)35-26-18-10-5-13-32-21(18)29(38-26)40-30/h2-13H,14H2,1H3,(H2,33,34,35,36,37,38,39,40). The predicted octanol–water partition coefficient (Wildman–Crippen LogP) is 4.70. The Balaban J connectivity index is 1.50. The molecule has 11 heteroatoms. The van der Waals surface area contributed by atoms with E-state index in [-0.39, 0.29) is 0 Å². The van der Waals surface area contributed by atoms with Gasteiger partial charge in [-0.15, -0.1) is 0 Å². The van der Waals surface area contributed by atoms with Crippen molar-refractivity contribution in [2.75, 3.05) is 13.6 Å². The van der Waals surface area contributed by atoms with Gasteiger partial charge < -0.3 is 14.9 Å². The number of allylic oxidation sites excluding steroid dienone is 2. The minimum absolute atomic E-state index is 0.472. The maximum absolute atomic E-state index is 5.03. The molecule has 6 aromatic rings. The summed E-state index contributed by atoms with van der Waals surface area (Å²) in [7, 11) is 2.03. The van der Waals surface area contributed by atoms with Gasteiger partial charge in [-0.05, 0) is 24.3 Å². The zero-order valence-corrected chi connectivity index (χ0v) is 21.7. The molecule has 0 spiro atoms. The minimum atomic E-state index is 0.472. The van der Waals surface area contributed by atoms with E-state index in [4.69, 9.17) is 29.9 Å². The first kappa shape index (κ1) is 22.0. The van der Waals surface area contributed by atoms with Crippen LogP contribution in [0.5, 0.6) is 0 Å². The number of H-pyrrole nitrogens is 2. The SMILES string of the molecule is CN1CC=CC2=C1c1nc2nc2[nH]c(nc3nc(nc4[nH]c(n1)c1ncccc41)-c1cccnc1-3)c1ccccc21. The molecule has 2 N–H and O–H groups in total. The molecule has 5 aromatic heterocycles. The molecule has 0 radical (unpaired) electrons. The maximum Gasteiger partial charge on any atom is 0.183 e. The molecule has 0 amide bonds. The van der Waals surface area contributed by atoms with Gasteiger partial charge in [0.1, 0.15) is 28.2 Å². The Morgan fingerprint density at radius 1 is 0.634 bits per heavy atom. The summed E-state index contributed by atoms with van der Waals surface area (Å²) >= 11 is 0. The average molecular weight is 534 g/mol. The van der Waals surface area contributed by atoms with E-state index in [1.807, 2.05) is 55.6 Å². The van der Waals surface area contributed by atoms with Crippen molar-refractivity contribution >= 4 is 55.5 Å². The van der Waals surface area contributed by atoms with E-state index in [0.717, 1.165) is 39.5 Å². The van der Waals surface area contributed by atoms with Crippen LogP contribution in [0.25, 0.3) is 78.4 Å². The first-order valence-corrected chi connectivity index (χ1v) is 13.2. The lowest BCUT2D eigenvalue weighted by atomic mass is 10.1. The lowest BCUT2D eigenvalue weighted by Crippen LogP contribution is -2.19. The number of pyridine rings is 2. The molecular weight excluding hydrogens is 514 g/mol. The number of hydrogen-bond acceptors (Lipinski definition) is 9. The van der Waals surface area contributed by atoms with Crippen LogP contribution >= 0.6 is 0 Å². The minimum Gasteiger partial charge on any atom is -0.367 e. The number of rotatable bonds is 0. The molecule has 8 heterocycles. The number of nitrogens with one attached hydrogen (secondary N) is 2. The summed E-state index contributed by atoms with van der Waals surface area (Å²) in [6, 6.07) is 15.7. The average Bonchev–Trinajstić information content (AvgIpc) is 3.73. The molecule has 1 aromatic carbocycles. The van der Waals surface area contributed by atoms with Crippen LogP contribution in [0.4, 0.5) is 0 Å². The van der Waals surface area contributed by atoms with E-state index >= 15 is 0 Å². The van der Waals surface area contributed by atoms with Gasteiger partial charge in [-0.3, -0.25) is 9.97 Å². The summed E-state index contributed by atoms with van der Waals surface area (Å²) in [4.78, 5) is 47.9. The molecule has 9 rings (SSSR count). The third kappa shape index (κ3) is 3.19. The number of aromatic amines is 2. The molecule has 11 nitrogen and oxygen atoms in total. The normalized spacial score (nSPS) is 14.1. The van der Waals surface area contributed by atoms with Gasteiger partial charge in [0.25, 0.3) is 0 Å². The Bertz CT molecular complexity index is 2330. The van der Waals surface area contributed by atoms with Crippen LogP contribution in [0, 0.1) is 0 Å². The van der Waals surface area contributed by atoms with Crippen molar-refractivity contribution in [2.24, 2.45) is 0 Å². The first-order chi connectivity index (χ1) is 20.2. The van der Waals surface area contributed by atoms with Crippen molar-refractivity contribution in [3.05, 3.63) is 84.7 Å². The Hall–Kier alpha value is -5.84. The molecule has 0 aliphatic carbocycles. The molecule has 3 aliphatic rings. The number of nitrogens with zero attached hydrogens (tertiary/aromatic N) is 9. The lowest BCUT2D eigenvalue weighted by Gasteiger charge is -2.21. The first-order valence-electron chi connectivity index (χ1n) is 13.2. The fourth-order valence-corrected chi connectivity index (χ4v) is 5.63. The molecule has 3 aliphatic heterocycles. The Morgan fingerprint density at radius 3 is 2.17 bits per heavy atom. The van der Waals surface area contributed by atoms with Crippen LogP contribution in [0.1, 0.15) is 11.6 Å². The van der Waals surface area contributed by atoms with E-state index < -0.39 is 0 Å². The van der Waals surface area contributed by atoms with Crippen molar-refractivity contribution in [3.63, 3.8) is 0 Å². The van der Waals surface area contributed by atoms with Gasteiger partial charge in [-0.2, -0.15) is 0 Å². The van der Waals surface area contributed by atoms with E-state index in [1.165, 1.54) is 0 Å². The topological polar surface area (TPSA) is 138 Å². The number of fused-ring (bicyclic) bond motifs is 19. The highest BCUT2D eigenvalue weighted by Crippen LogP contribution is 2.35. The molecule has 41 heavy (non-hydrogen) atoms. The summed E-state index contributed by atoms with van der Waals surface area (Å²) < 4.78 is 0. The van der Waals surface area contributed by atoms with E-state index in [0.29, 0.717) is 57.1 Å². The zero-order chi connectivity index (χ0) is 27.1. The highest BCUT2D eigenvalue weighted by Gasteiger charge is 2.27. The van der Waals surface area contributed by atoms with E-state index in [2.05, 4.69) is 37.0 Å². The van der Waals surface area contributed by atoms with Gasteiger partial charge in [0.05, 0.1) is 5.70 Å². The van der Waals surface area contributed by atoms with Crippen molar-refractivity contribution in [1.29, 1.82) is 0 Å². The van der Waals surface area contributed by atoms with Crippen LogP contribution in [-0.2, 0) is 0 Å². The second-order valence-electron chi connectivity index (χ2n) is 10.00. The smallest absolute Gasteiger partial charge is 0.183 e. The maximum atomic E-state index is 5.03. The van der Waals surface area contributed by atoms with Gasteiger partial charge in [-0.1, -0.05) is 36.4 Å². The van der Waals surface area contributed by atoms with E-state index in [1.54, 1.807) is 12.4 Å². The van der Waals surface area contributed by atoms with Crippen LogP contribution in [0.3, 0.4) is 0 Å². The number of hydrogen-bond donors (Lipinski definition) is 2. The number of aromatic nitrogens is 10. The monoisotopic (exact) mass is 533 g/mol. The van der Waals surface area contributed by atoms with Gasteiger partial charge in [0.2, 0.25) is 0 Å². The molecule has 0 saturated carbocycles. The predicted molar refractivity (Wildman–Crippen MR) is 156 cm³/mol. The van der Waals surface area contributed by atoms with Crippen LogP contribution in [0.15, 0.2) is 73.1 Å². The third-order valence-corrected chi connectivity index (χ3v) is 7.51. The number of likely N-dealkylation sites (N-methyl/N-ethyl adjacent to an activating group) is 1.